The minimum atomic E-state index is -1.09. The number of aliphatic hydroxyl groups excluding tert-OH is 3. The van der Waals surface area contributed by atoms with E-state index in [0.717, 1.165) is 25.1 Å². The summed E-state index contributed by atoms with van der Waals surface area (Å²) in [5.41, 5.74) is 1.30. The molecule has 3 atom stereocenters. The molecule has 0 spiro atoms. The first-order valence-electron chi connectivity index (χ1n) is 9.90. The number of aliphatic hydroxyl groups is 3. The molecule has 0 amide bonds. The van der Waals surface area contributed by atoms with Crippen LogP contribution in [0.2, 0.25) is 0 Å². The van der Waals surface area contributed by atoms with E-state index in [-0.39, 0.29) is 12.8 Å². The average molecular weight is 395 g/mol. The van der Waals surface area contributed by atoms with Crippen LogP contribution < -0.4 is 0 Å². The van der Waals surface area contributed by atoms with Gasteiger partial charge in [0.2, 0.25) is 0 Å². The van der Waals surface area contributed by atoms with Crippen LogP contribution >= 0.6 is 0 Å². The standard InChI is InChI=1S/C21H34N2O5/c1-4-5-7-11-19(26)21-16(22-15(2)23(21)3)13-14-18(25)17(24)10-8-6-9-12-20(27)28/h6,8,13-14,17-19,24-26H,4-5,7,9-12H2,1-3H3,(H,27,28)/b8-6?,14-13+. The minimum absolute atomic E-state index is 0.0391. The fourth-order valence-electron chi connectivity index (χ4n) is 2.91. The van der Waals surface area contributed by atoms with E-state index in [9.17, 15) is 20.1 Å². The summed E-state index contributed by atoms with van der Waals surface area (Å²) >= 11 is 0. The number of aliphatic carboxylic acids is 1. The number of carboxylic acid groups (broad SMARTS) is 1. The molecule has 7 heteroatoms. The zero-order valence-electron chi connectivity index (χ0n) is 17.1. The number of imidazole rings is 1. The highest BCUT2D eigenvalue weighted by atomic mass is 16.4. The molecule has 1 aromatic rings. The lowest BCUT2D eigenvalue weighted by atomic mass is 10.0. The van der Waals surface area contributed by atoms with Crippen LogP contribution in [0.5, 0.6) is 0 Å². The summed E-state index contributed by atoms with van der Waals surface area (Å²) in [7, 11) is 1.85. The van der Waals surface area contributed by atoms with Crippen LogP contribution in [0.1, 0.15) is 75.2 Å². The third-order valence-electron chi connectivity index (χ3n) is 4.70. The smallest absolute Gasteiger partial charge is 0.303 e. The summed E-state index contributed by atoms with van der Waals surface area (Å²) in [5.74, 6) is -0.105. The molecule has 1 heterocycles. The molecule has 1 aromatic heterocycles. The first kappa shape index (κ1) is 24.1. The van der Waals surface area contributed by atoms with E-state index >= 15 is 0 Å². The average Bonchev–Trinajstić information content (AvgIpc) is 2.93. The highest BCUT2D eigenvalue weighted by molar-refractivity contribution is 5.66. The van der Waals surface area contributed by atoms with Crippen LogP contribution in [0.3, 0.4) is 0 Å². The fraction of sp³-hybridized carbons (Fsp3) is 0.619. The summed E-state index contributed by atoms with van der Waals surface area (Å²) in [6.45, 7) is 3.97. The lowest BCUT2D eigenvalue weighted by Gasteiger charge is -2.14. The number of allylic oxidation sites excluding steroid dienone is 1. The van der Waals surface area contributed by atoms with Gasteiger partial charge in [0, 0.05) is 13.5 Å². The van der Waals surface area contributed by atoms with Gasteiger partial charge in [-0.15, -0.1) is 0 Å². The Balaban J connectivity index is 2.71. The van der Waals surface area contributed by atoms with Gasteiger partial charge in [-0.2, -0.15) is 0 Å². The van der Waals surface area contributed by atoms with Gasteiger partial charge in [0.05, 0.1) is 29.7 Å². The molecule has 158 valence electrons. The van der Waals surface area contributed by atoms with Gasteiger partial charge < -0.3 is 25.0 Å². The summed E-state index contributed by atoms with van der Waals surface area (Å²) in [6, 6.07) is 0. The normalized spacial score (nSPS) is 15.4. The molecule has 0 fully saturated rings. The summed E-state index contributed by atoms with van der Waals surface area (Å²) in [4.78, 5) is 14.9. The maximum Gasteiger partial charge on any atom is 0.303 e. The molecule has 0 saturated carbocycles. The lowest BCUT2D eigenvalue weighted by molar-refractivity contribution is -0.136. The van der Waals surface area contributed by atoms with Crippen molar-refractivity contribution in [1.82, 2.24) is 9.55 Å². The Kier molecular flexibility index (Phi) is 10.7. The molecule has 0 aliphatic heterocycles. The van der Waals surface area contributed by atoms with Gasteiger partial charge in [0.15, 0.2) is 0 Å². The van der Waals surface area contributed by atoms with E-state index in [4.69, 9.17) is 5.11 Å². The van der Waals surface area contributed by atoms with E-state index in [1.54, 1.807) is 18.2 Å². The third kappa shape index (κ3) is 7.96. The Bertz CT molecular complexity index is 666. The zero-order chi connectivity index (χ0) is 21.1. The van der Waals surface area contributed by atoms with Gasteiger partial charge in [-0.25, -0.2) is 4.98 Å². The Morgan fingerprint density at radius 3 is 2.57 bits per heavy atom. The molecule has 1 rings (SSSR count). The maximum absolute atomic E-state index is 10.5. The number of carboxylic acids is 1. The molecule has 4 N–H and O–H groups in total. The Labute approximate surface area is 167 Å². The van der Waals surface area contributed by atoms with Crippen LogP contribution in [-0.4, -0.2) is 48.2 Å². The number of unbranched alkanes of at least 4 members (excludes halogenated alkanes) is 2. The number of rotatable bonds is 13. The summed E-state index contributed by atoms with van der Waals surface area (Å²) in [6.07, 6.45) is 8.11. The third-order valence-corrected chi connectivity index (χ3v) is 4.70. The molecule has 0 aromatic carbocycles. The molecule has 3 unspecified atom stereocenters. The zero-order valence-corrected chi connectivity index (χ0v) is 17.1. The van der Waals surface area contributed by atoms with Gasteiger partial charge in [-0.1, -0.05) is 44.4 Å². The number of aryl methyl sites for hydroxylation is 1. The number of hydrogen-bond donors (Lipinski definition) is 4. The largest absolute Gasteiger partial charge is 0.481 e. The number of carbonyl (C=O) groups is 1. The van der Waals surface area contributed by atoms with Gasteiger partial charge in [0.25, 0.3) is 0 Å². The monoisotopic (exact) mass is 394 g/mol. The molecule has 7 nitrogen and oxygen atoms in total. The molecule has 0 saturated heterocycles. The van der Waals surface area contributed by atoms with Crippen molar-refractivity contribution in [3.05, 3.63) is 35.4 Å². The van der Waals surface area contributed by atoms with E-state index in [1.807, 2.05) is 18.5 Å². The van der Waals surface area contributed by atoms with Crippen LogP contribution in [0.25, 0.3) is 6.08 Å². The number of nitrogens with zero attached hydrogens (tertiary/aromatic N) is 2. The van der Waals surface area contributed by atoms with Crippen molar-refractivity contribution in [2.24, 2.45) is 7.05 Å². The van der Waals surface area contributed by atoms with Crippen molar-refractivity contribution in [3.8, 4) is 0 Å². The topological polar surface area (TPSA) is 116 Å². The van der Waals surface area contributed by atoms with Crippen molar-refractivity contribution in [3.63, 3.8) is 0 Å². The van der Waals surface area contributed by atoms with Crippen LogP contribution in [0.4, 0.5) is 0 Å². The highest BCUT2D eigenvalue weighted by Crippen LogP contribution is 2.25. The van der Waals surface area contributed by atoms with Crippen molar-refractivity contribution in [1.29, 1.82) is 0 Å². The predicted octanol–water partition coefficient (Wildman–Crippen LogP) is 2.89. The molecular weight excluding hydrogens is 360 g/mol. The Hall–Kier alpha value is -1.96. The molecule has 0 radical (unpaired) electrons. The second kappa shape index (κ2) is 12.5. The van der Waals surface area contributed by atoms with Crippen molar-refractivity contribution in [2.75, 3.05) is 0 Å². The first-order valence-corrected chi connectivity index (χ1v) is 9.90. The number of aromatic nitrogens is 2. The van der Waals surface area contributed by atoms with Crippen LogP contribution in [-0.2, 0) is 11.8 Å². The Morgan fingerprint density at radius 2 is 1.93 bits per heavy atom. The maximum atomic E-state index is 10.5. The van der Waals surface area contributed by atoms with Crippen molar-refractivity contribution in [2.45, 2.75) is 77.1 Å². The minimum Gasteiger partial charge on any atom is -0.481 e. The second-order valence-electron chi connectivity index (χ2n) is 7.06. The molecular formula is C21H34N2O5. The summed E-state index contributed by atoms with van der Waals surface area (Å²) in [5, 5.41) is 39.3. The molecule has 0 aliphatic carbocycles. The van der Waals surface area contributed by atoms with Gasteiger partial charge >= 0.3 is 5.97 Å². The summed E-state index contributed by atoms with van der Waals surface area (Å²) < 4.78 is 1.85. The predicted molar refractivity (Wildman–Crippen MR) is 109 cm³/mol. The van der Waals surface area contributed by atoms with E-state index < -0.39 is 24.3 Å². The molecule has 0 bridgehead atoms. The first-order chi connectivity index (χ1) is 13.3. The van der Waals surface area contributed by atoms with Gasteiger partial charge in [-0.3, -0.25) is 4.79 Å². The molecule has 28 heavy (non-hydrogen) atoms. The highest BCUT2D eigenvalue weighted by Gasteiger charge is 2.19. The van der Waals surface area contributed by atoms with Gasteiger partial charge in [-0.05, 0) is 32.3 Å². The second-order valence-corrected chi connectivity index (χ2v) is 7.06. The quantitative estimate of drug-likeness (QED) is 0.302. The van der Waals surface area contributed by atoms with Crippen LogP contribution in [0, 0.1) is 6.92 Å². The van der Waals surface area contributed by atoms with E-state index in [2.05, 4.69) is 11.9 Å². The SMILES string of the molecule is CCCCCC(O)c1c(/C=C/C(O)C(O)CC=CCCC(=O)O)nc(C)n1C. The molecule has 0 aliphatic rings. The van der Waals surface area contributed by atoms with E-state index in [0.29, 0.717) is 24.2 Å². The van der Waals surface area contributed by atoms with Crippen LogP contribution in [0.15, 0.2) is 18.2 Å². The fourth-order valence-corrected chi connectivity index (χ4v) is 2.91. The Morgan fingerprint density at radius 1 is 1.21 bits per heavy atom. The van der Waals surface area contributed by atoms with Gasteiger partial charge in [0.1, 0.15) is 5.82 Å². The van der Waals surface area contributed by atoms with E-state index in [1.165, 1.54) is 6.08 Å². The van der Waals surface area contributed by atoms with Crippen molar-refractivity contribution >= 4 is 12.0 Å². The van der Waals surface area contributed by atoms with Crippen molar-refractivity contribution < 1.29 is 25.2 Å². The lowest BCUT2D eigenvalue weighted by Crippen LogP contribution is -2.22. The number of hydrogen-bond acceptors (Lipinski definition) is 5.